The highest BCUT2D eigenvalue weighted by molar-refractivity contribution is 5.83. The summed E-state index contributed by atoms with van der Waals surface area (Å²) in [6, 6.07) is 9.98. The van der Waals surface area contributed by atoms with E-state index in [0.717, 1.165) is 12.7 Å². The molecule has 0 aliphatic heterocycles. The Hall–Kier alpha value is -1.44. The molecule has 2 unspecified atom stereocenters. The average Bonchev–Trinajstić information content (AvgIpc) is 2.29. The fraction of sp³-hybridized carbons (Fsp3) is 0.385. The molecule has 1 aromatic carbocycles. The molecule has 1 saturated carbocycles. The van der Waals surface area contributed by atoms with Crippen LogP contribution in [0.2, 0.25) is 0 Å². The summed E-state index contributed by atoms with van der Waals surface area (Å²) >= 11 is 0. The van der Waals surface area contributed by atoms with Gasteiger partial charge in [0.2, 0.25) is 0 Å². The number of carbonyl (C=O) groups is 2. The van der Waals surface area contributed by atoms with Gasteiger partial charge < -0.3 is 4.79 Å². The quantitative estimate of drug-likeness (QED) is 0.690. The van der Waals surface area contributed by atoms with E-state index in [-0.39, 0.29) is 17.6 Å². The number of rotatable bonds is 2. The van der Waals surface area contributed by atoms with Gasteiger partial charge in [-0.25, -0.2) is 0 Å². The van der Waals surface area contributed by atoms with Gasteiger partial charge in [0.15, 0.2) is 0 Å². The fourth-order valence-corrected chi connectivity index (χ4v) is 2.27. The van der Waals surface area contributed by atoms with Crippen LogP contribution in [-0.4, -0.2) is 12.1 Å². The van der Waals surface area contributed by atoms with Crippen molar-refractivity contribution in [1.29, 1.82) is 0 Å². The second-order valence-electron chi connectivity index (χ2n) is 4.19. The van der Waals surface area contributed by atoms with Crippen molar-refractivity contribution < 1.29 is 9.59 Å². The lowest BCUT2D eigenvalue weighted by Gasteiger charge is -2.25. The first-order valence-corrected chi connectivity index (χ1v) is 5.31. The van der Waals surface area contributed by atoms with Gasteiger partial charge in [-0.1, -0.05) is 30.3 Å². The maximum Gasteiger partial charge on any atom is 0.134 e. The molecule has 0 radical (unpaired) electrons. The lowest BCUT2D eigenvalue weighted by Crippen LogP contribution is -2.22. The Morgan fingerprint density at radius 3 is 2.53 bits per heavy atom. The van der Waals surface area contributed by atoms with Crippen LogP contribution in [0, 0.1) is 5.92 Å². The van der Waals surface area contributed by atoms with Crippen LogP contribution >= 0.6 is 0 Å². The molecule has 1 fully saturated rings. The van der Waals surface area contributed by atoms with E-state index < -0.39 is 0 Å². The molecule has 1 aromatic rings. The summed E-state index contributed by atoms with van der Waals surface area (Å²) in [6.45, 7) is 0. The van der Waals surface area contributed by atoms with E-state index in [4.69, 9.17) is 0 Å². The largest absolute Gasteiger partial charge is 0.303 e. The Bertz CT molecular complexity index is 356. The first-order chi connectivity index (χ1) is 7.29. The highest BCUT2D eigenvalue weighted by Crippen LogP contribution is 2.33. The maximum absolute atomic E-state index is 11.5. The molecule has 2 rings (SSSR count). The van der Waals surface area contributed by atoms with Crippen LogP contribution in [0.3, 0.4) is 0 Å². The summed E-state index contributed by atoms with van der Waals surface area (Å²) in [7, 11) is 0. The molecule has 1 aliphatic rings. The van der Waals surface area contributed by atoms with Gasteiger partial charge in [0.25, 0.3) is 0 Å². The van der Waals surface area contributed by atoms with E-state index in [1.54, 1.807) is 0 Å². The van der Waals surface area contributed by atoms with Crippen LogP contribution in [0.15, 0.2) is 30.3 Å². The molecule has 2 nitrogen and oxygen atoms in total. The van der Waals surface area contributed by atoms with Crippen LogP contribution in [0.4, 0.5) is 0 Å². The zero-order chi connectivity index (χ0) is 10.7. The zero-order valence-electron chi connectivity index (χ0n) is 8.56. The molecule has 0 N–H and O–H groups in total. The predicted molar refractivity (Wildman–Crippen MR) is 57.6 cm³/mol. The van der Waals surface area contributed by atoms with Crippen molar-refractivity contribution in [2.75, 3.05) is 0 Å². The van der Waals surface area contributed by atoms with Crippen molar-refractivity contribution in [1.82, 2.24) is 0 Å². The topological polar surface area (TPSA) is 34.1 Å². The van der Waals surface area contributed by atoms with Gasteiger partial charge in [-0.2, -0.15) is 0 Å². The number of aldehydes is 1. The van der Waals surface area contributed by atoms with Crippen LogP contribution in [0.1, 0.15) is 30.7 Å². The first-order valence-electron chi connectivity index (χ1n) is 5.31. The monoisotopic (exact) mass is 202 g/mol. The SMILES string of the molecule is O=CC1CC(=O)CC(c2ccccc2)C1. The molecule has 78 valence electrons. The van der Waals surface area contributed by atoms with Gasteiger partial charge in [-0.3, -0.25) is 4.79 Å². The third-order valence-corrected chi connectivity index (χ3v) is 3.01. The summed E-state index contributed by atoms with van der Waals surface area (Å²) in [6.07, 6.45) is 2.77. The van der Waals surface area contributed by atoms with E-state index in [9.17, 15) is 9.59 Å². The predicted octanol–water partition coefficient (Wildman–Crippen LogP) is 2.34. The summed E-state index contributed by atoms with van der Waals surface area (Å²) < 4.78 is 0. The number of hydrogen-bond donors (Lipinski definition) is 0. The molecule has 0 saturated heterocycles. The van der Waals surface area contributed by atoms with Crippen molar-refractivity contribution >= 4 is 12.1 Å². The van der Waals surface area contributed by atoms with Crippen molar-refractivity contribution in [2.24, 2.45) is 5.92 Å². The van der Waals surface area contributed by atoms with Crippen molar-refractivity contribution in [3.05, 3.63) is 35.9 Å². The second-order valence-corrected chi connectivity index (χ2v) is 4.19. The third kappa shape index (κ3) is 2.32. The van der Waals surface area contributed by atoms with Gasteiger partial charge >= 0.3 is 0 Å². The number of benzene rings is 1. The van der Waals surface area contributed by atoms with E-state index in [1.165, 1.54) is 5.56 Å². The van der Waals surface area contributed by atoms with Crippen molar-refractivity contribution in [3.8, 4) is 0 Å². The highest BCUT2D eigenvalue weighted by atomic mass is 16.1. The number of ketones is 1. The fourth-order valence-electron chi connectivity index (χ4n) is 2.27. The molecule has 2 heteroatoms. The summed E-state index contributed by atoms with van der Waals surface area (Å²) in [5.74, 6) is 0.381. The Morgan fingerprint density at radius 2 is 1.87 bits per heavy atom. The minimum atomic E-state index is -0.0727. The molecule has 0 bridgehead atoms. The van der Waals surface area contributed by atoms with Gasteiger partial charge in [-0.15, -0.1) is 0 Å². The van der Waals surface area contributed by atoms with Gasteiger partial charge in [-0.05, 0) is 17.9 Å². The lowest BCUT2D eigenvalue weighted by atomic mass is 9.78. The lowest BCUT2D eigenvalue weighted by molar-refractivity contribution is -0.125. The highest BCUT2D eigenvalue weighted by Gasteiger charge is 2.27. The van der Waals surface area contributed by atoms with E-state index in [2.05, 4.69) is 0 Å². The van der Waals surface area contributed by atoms with E-state index in [1.807, 2.05) is 30.3 Å². The molecule has 0 amide bonds. The summed E-state index contributed by atoms with van der Waals surface area (Å²) in [4.78, 5) is 22.2. The van der Waals surface area contributed by atoms with Crippen LogP contribution in [0.25, 0.3) is 0 Å². The molecule has 0 spiro atoms. The molecule has 0 heterocycles. The first kappa shape index (κ1) is 10.1. The number of carbonyl (C=O) groups excluding carboxylic acids is 2. The molecule has 1 aliphatic carbocycles. The Morgan fingerprint density at radius 1 is 1.13 bits per heavy atom. The van der Waals surface area contributed by atoms with Crippen molar-refractivity contribution in [3.63, 3.8) is 0 Å². The van der Waals surface area contributed by atoms with E-state index >= 15 is 0 Å². The van der Waals surface area contributed by atoms with Crippen molar-refractivity contribution in [2.45, 2.75) is 25.2 Å². The Kier molecular flexibility index (Phi) is 2.95. The zero-order valence-corrected chi connectivity index (χ0v) is 8.56. The van der Waals surface area contributed by atoms with E-state index in [0.29, 0.717) is 12.8 Å². The van der Waals surface area contributed by atoms with Crippen LogP contribution in [-0.2, 0) is 9.59 Å². The van der Waals surface area contributed by atoms with Gasteiger partial charge in [0.05, 0.1) is 0 Å². The molecular formula is C13H14O2. The average molecular weight is 202 g/mol. The maximum atomic E-state index is 11.5. The van der Waals surface area contributed by atoms with Gasteiger partial charge in [0, 0.05) is 18.8 Å². The molecule has 0 aromatic heterocycles. The minimum Gasteiger partial charge on any atom is -0.303 e. The Balaban J connectivity index is 2.16. The summed E-state index contributed by atoms with van der Waals surface area (Å²) in [5, 5.41) is 0. The molecule has 2 atom stereocenters. The normalized spacial score (nSPS) is 26.3. The minimum absolute atomic E-state index is 0.0727. The molecule has 15 heavy (non-hydrogen) atoms. The molecular weight excluding hydrogens is 188 g/mol. The second kappa shape index (κ2) is 4.39. The standard InChI is InChI=1S/C13H14O2/c14-9-10-6-12(8-13(15)7-10)11-4-2-1-3-5-11/h1-5,9-10,12H,6-8H2. The van der Waals surface area contributed by atoms with Crippen LogP contribution in [0.5, 0.6) is 0 Å². The third-order valence-electron chi connectivity index (χ3n) is 3.01. The Labute approximate surface area is 89.3 Å². The number of hydrogen-bond acceptors (Lipinski definition) is 2. The van der Waals surface area contributed by atoms with Crippen LogP contribution < -0.4 is 0 Å². The number of Topliss-reactive ketones (excluding diaryl/α,β-unsaturated/α-hetero) is 1. The summed E-state index contributed by atoms with van der Waals surface area (Å²) in [5.41, 5.74) is 1.18. The smallest absolute Gasteiger partial charge is 0.134 e. The van der Waals surface area contributed by atoms with Gasteiger partial charge in [0.1, 0.15) is 12.1 Å².